The molecule has 0 atom stereocenters. The number of hydrogen-bond donors (Lipinski definition) is 2. The van der Waals surface area contributed by atoms with Crippen molar-refractivity contribution in [3.8, 4) is 0 Å². The maximum absolute atomic E-state index is 5.73. The fourth-order valence-corrected chi connectivity index (χ4v) is 2.93. The van der Waals surface area contributed by atoms with Crippen LogP contribution < -0.4 is 21.2 Å². The van der Waals surface area contributed by atoms with Crippen LogP contribution in [0.15, 0.2) is 121 Å². The number of nitrogens with one attached hydrogen (secondary N) is 2. The van der Waals surface area contributed by atoms with Gasteiger partial charge in [-0.2, -0.15) is 4.94 Å². The highest BCUT2D eigenvalue weighted by atomic mass is 16.8. The van der Waals surface area contributed by atoms with Crippen molar-refractivity contribution < 1.29 is 4.94 Å². The molecule has 144 valence electrons. The second kappa shape index (κ2) is 9.52. The normalized spacial score (nSPS) is 10.5. The zero-order chi connectivity index (χ0) is 19.7. The predicted molar refractivity (Wildman–Crippen MR) is 117 cm³/mol. The molecular weight excluding hydrogens is 360 g/mol. The van der Waals surface area contributed by atoms with Crippen LogP contribution in [-0.2, 0) is 4.94 Å². The van der Waals surface area contributed by atoms with Crippen LogP contribution in [0.1, 0.15) is 0 Å². The SMILES string of the molecule is c1ccc(N(NONN(c2ccccc2)c2ccccc2)c2ccccc2)cc1. The van der Waals surface area contributed by atoms with E-state index in [-0.39, 0.29) is 0 Å². The summed E-state index contributed by atoms with van der Waals surface area (Å²) in [4.78, 5) is 5.73. The summed E-state index contributed by atoms with van der Waals surface area (Å²) in [7, 11) is 0. The minimum atomic E-state index is 0.950. The third-order valence-electron chi connectivity index (χ3n) is 4.33. The van der Waals surface area contributed by atoms with E-state index in [4.69, 9.17) is 4.94 Å². The molecule has 0 radical (unpaired) electrons. The van der Waals surface area contributed by atoms with Crippen molar-refractivity contribution in [1.82, 2.24) is 11.2 Å². The van der Waals surface area contributed by atoms with Crippen LogP contribution in [0, 0.1) is 0 Å². The van der Waals surface area contributed by atoms with Gasteiger partial charge in [0.2, 0.25) is 0 Å². The summed E-state index contributed by atoms with van der Waals surface area (Å²) < 4.78 is 0. The van der Waals surface area contributed by atoms with Crippen molar-refractivity contribution in [2.75, 3.05) is 10.0 Å². The van der Waals surface area contributed by atoms with Gasteiger partial charge in [-0.25, -0.2) is 0 Å². The number of benzene rings is 4. The molecule has 0 unspecified atom stereocenters. The number of hydrogen-bond acceptors (Lipinski definition) is 5. The second-order valence-electron chi connectivity index (χ2n) is 6.30. The molecule has 0 fully saturated rings. The average Bonchev–Trinajstić information content (AvgIpc) is 2.81. The van der Waals surface area contributed by atoms with Gasteiger partial charge in [0.05, 0.1) is 22.7 Å². The molecule has 0 aliphatic rings. The van der Waals surface area contributed by atoms with Gasteiger partial charge in [-0.15, -0.1) is 0 Å². The Bertz CT molecular complexity index is 820. The van der Waals surface area contributed by atoms with Crippen LogP contribution in [0.25, 0.3) is 0 Å². The Morgan fingerprint density at radius 1 is 0.379 bits per heavy atom. The Morgan fingerprint density at radius 3 is 0.862 bits per heavy atom. The molecule has 0 aliphatic carbocycles. The van der Waals surface area contributed by atoms with Crippen LogP contribution in [-0.4, -0.2) is 0 Å². The summed E-state index contributed by atoms with van der Waals surface area (Å²) in [6.07, 6.45) is 0. The van der Waals surface area contributed by atoms with Gasteiger partial charge in [-0.1, -0.05) is 84.0 Å². The molecule has 0 saturated heterocycles. The minimum absolute atomic E-state index is 0.950. The van der Waals surface area contributed by atoms with Crippen molar-refractivity contribution in [3.63, 3.8) is 0 Å². The average molecular weight is 382 g/mol. The third-order valence-corrected chi connectivity index (χ3v) is 4.33. The largest absolute Gasteiger partial charge is 0.252 e. The summed E-state index contributed by atoms with van der Waals surface area (Å²) in [5.74, 6) is 0. The van der Waals surface area contributed by atoms with E-state index in [2.05, 4.69) is 11.2 Å². The smallest absolute Gasteiger partial charge is 0.0601 e. The number of hydrazine groups is 2. The van der Waals surface area contributed by atoms with E-state index in [1.165, 1.54) is 0 Å². The molecule has 4 rings (SSSR count). The van der Waals surface area contributed by atoms with Gasteiger partial charge in [-0.05, 0) is 48.5 Å². The molecule has 5 nitrogen and oxygen atoms in total. The van der Waals surface area contributed by atoms with Crippen molar-refractivity contribution in [1.29, 1.82) is 0 Å². The predicted octanol–water partition coefficient (Wildman–Crippen LogP) is 5.52. The quantitative estimate of drug-likeness (QED) is 0.393. The van der Waals surface area contributed by atoms with Crippen LogP contribution in [0.2, 0.25) is 0 Å². The van der Waals surface area contributed by atoms with E-state index < -0.39 is 0 Å². The zero-order valence-corrected chi connectivity index (χ0v) is 15.8. The maximum Gasteiger partial charge on any atom is 0.0601 e. The van der Waals surface area contributed by atoms with Crippen molar-refractivity contribution in [3.05, 3.63) is 121 Å². The standard InChI is InChI=1S/C24H22N4O/c1-5-13-21(14-6-1)27(22-15-7-2-8-16-22)25-29-26-28(23-17-9-3-10-18-23)24-19-11-4-12-20-24/h1-20,25-26H. The summed E-state index contributed by atoms with van der Waals surface area (Å²) in [6, 6.07) is 39.9. The van der Waals surface area contributed by atoms with E-state index in [1.54, 1.807) is 0 Å². The van der Waals surface area contributed by atoms with Gasteiger partial charge < -0.3 is 0 Å². The molecule has 0 aromatic heterocycles. The van der Waals surface area contributed by atoms with Gasteiger partial charge in [0.25, 0.3) is 0 Å². The van der Waals surface area contributed by atoms with Gasteiger partial charge in [-0.3, -0.25) is 10.0 Å². The Hall–Kier alpha value is -3.64. The molecule has 5 heteroatoms. The highest BCUT2D eigenvalue weighted by Crippen LogP contribution is 2.24. The van der Waals surface area contributed by atoms with Crippen LogP contribution >= 0.6 is 0 Å². The second-order valence-corrected chi connectivity index (χ2v) is 6.30. The minimum Gasteiger partial charge on any atom is -0.252 e. The fourth-order valence-electron chi connectivity index (χ4n) is 2.93. The van der Waals surface area contributed by atoms with Crippen molar-refractivity contribution >= 4 is 22.7 Å². The highest BCUT2D eigenvalue weighted by molar-refractivity contribution is 5.62. The number of anilines is 4. The molecule has 0 amide bonds. The molecule has 4 aromatic carbocycles. The van der Waals surface area contributed by atoms with Crippen LogP contribution in [0.4, 0.5) is 22.7 Å². The molecule has 2 N–H and O–H groups in total. The van der Waals surface area contributed by atoms with Gasteiger partial charge >= 0.3 is 0 Å². The molecule has 29 heavy (non-hydrogen) atoms. The summed E-state index contributed by atoms with van der Waals surface area (Å²) in [6.45, 7) is 0. The molecule has 4 aromatic rings. The monoisotopic (exact) mass is 382 g/mol. The zero-order valence-electron chi connectivity index (χ0n) is 15.8. The Balaban J connectivity index is 1.53. The van der Waals surface area contributed by atoms with Gasteiger partial charge in [0.1, 0.15) is 0 Å². The van der Waals surface area contributed by atoms with E-state index in [1.807, 2.05) is 131 Å². The summed E-state index contributed by atoms with van der Waals surface area (Å²) in [5.41, 5.74) is 9.81. The fraction of sp³-hybridized carbons (Fsp3) is 0. The molecule has 0 bridgehead atoms. The lowest BCUT2D eigenvalue weighted by atomic mass is 10.2. The van der Waals surface area contributed by atoms with Crippen LogP contribution in [0.5, 0.6) is 0 Å². The number of rotatable bonds is 8. The molecule has 0 spiro atoms. The maximum atomic E-state index is 5.73. The van der Waals surface area contributed by atoms with E-state index in [9.17, 15) is 0 Å². The van der Waals surface area contributed by atoms with E-state index >= 15 is 0 Å². The van der Waals surface area contributed by atoms with Crippen LogP contribution in [0.3, 0.4) is 0 Å². The van der Waals surface area contributed by atoms with Gasteiger partial charge in [0.15, 0.2) is 0 Å². The Labute approximate surface area is 170 Å². The molecule has 0 saturated carbocycles. The lowest BCUT2D eigenvalue weighted by molar-refractivity contribution is -0.0381. The number of nitrogens with zero attached hydrogens (tertiary/aromatic N) is 2. The first-order chi connectivity index (χ1) is 14.4. The summed E-state index contributed by atoms with van der Waals surface area (Å²) >= 11 is 0. The topological polar surface area (TPSA) is 39.8 Å². The Morgan fingerprint density at radius 2 is 0.621 bits per heavy atom. The number of para-hydroxylation sites is 4. The van der Waals surface area contributed by atoms with Gasteiger partial charge in [0, 0.05) is 0 Å². The molecule has 0 heterocycles. The molecular formula is C24H22N4O. The van der Waals surface area contributed by atoms with Crippen molar-refractivity contribution in [2.24, 2.45) is 0 Å². The van der Waals surface area contributed by atoms with E-state index in [0.29, 0.717) is 0 Å². The lowest BCUT2D eigenvalue weighted by Crippen LogP contribution is -2.44. The highest BCUT2D eigenvalue weighted by Gasteiger charge is 2.12. The van der Waals surface area contributed by atoms with E-state index in [0.717, 1.165) is 22.7 Å². The Kier molecular flexibility index (Phi) is 6.14. The third kappa shape index (κ3) is 4.80. The first kappa shape index (κ1) is 18.7. The van der Waals surface area contributed by atoms with Crippen molar-refractivity contribution in [2.45, 2.75) is 0 Å². The lowest BCUT2D eigenvalue weighted by Gasteiger charge is -2.28. The molecule has 0 aliphatic heterocycles. The first-order valence-corrected chi connectivity index (χ1v) is 9.39. The summed E-state index contributed by atoms with van der Waals surface area (Å²) in [5, 5.41) is 3.72. The first-order valence-electron chi connectivity index (χ1n) is 9.39.